The fraction of sp³-hybridized carbons (Fsp3) is 0.808. The second-order valence-corrected chi connectivity index (χ2v) is 9.35. The van der Waals surface area contributed by atoms with Gasteiger partial charge < -0.3 is 15.3 Å². The first kappa shape index (κ1) is 31.1. The molecule has 33 heavy (non-hydrogen) atoms. The van der Waals surface area contributed by atoms with Gasteiger partial charge in [-0.05, 0) is 59.3 Å². The maximum Gasteiger partial charge on any atom is 0.362 e. The molecule has 0 aromatic carbocycles. The zero-order chi connectivity index (χ0) is 25.3. The molecule has 3 N–H and O–H groups in total. The molecule has 0 amide bonds. The van der Waals surface area contributed by atoms with Crippen LogP contribution < -0.4 is 0 Å². The van der Waals surface area contributed by atoms with Crippen molar-refractivity contribution >= 4 is 17.9 Å². The summed E-state index contributed by atoms with van der Waals surface area (Å²) in [5.41, 5.74) is 0. The second-order valence-electron chi connectivity index (χ2n) is 9.35. The van der Waals surface area contributed by atoms with Gasteiger partial charge in [-0.1, -0.05) is 64.0 Å². The van der Waals surface area contributed by atoms with E-state index in [2.05, 4.69) is 19.1 Å². The van der Waals surface area contributed by atoms with Crippen LogP contribution in [0.15, 0.2) is 12.2 Å². The van der Waals surface area contributed by atoms with Crippen molar-refractivity contribution in [3.63, 3.8) is 0 Å². The smallest absolute Gasteiger partial charge is 0.362 e. The molecule has 0 aliphatic rings. The highest BCUT2D eigenvalue weighted by Gasteiger charge is 2.52. The summed E-state index contributed by atoms with van der Waals surface area (Å²) in [5.74, 6) is -3.53. The third-order valence-electron chi connectivity index (χ3n) is 7.04. The highest BCUT2D eigenvalue weighted by Crippen LogP contribution is 2.27. The maximum absolute atomic E-state index is 11.8. The summed E-state index contributed by atoms with van der Waals surface area (Å²) in [6, 6.07) is -3.38. The normalized spacial score (nSPS) is 16.2. The molecule has 7 heteroatoms. The molecule has 0 aliphatic heterocycles. The van der Waals surface area contributed by atoms with Gasteiger partial charge in [0.25, 0.3) is 0 Å². The number of carboxylic acid groups (broad SMARTS) is 3. The van der Waals surface area contributed by atoms with E-state index in [4.69, 9.17) is 0 Å². The average molecular weight is 471 g/mol. The van der Waals surface area contributed by atoms with Crippen molar-refractivity contribution in [3.05, 3.63) is 12.2 Å². The summed E-state index contributed by atoms with van der Waals surface area (Å²) in [5, 5.41) is 28.8. The number of nitrogens with zero attached hydrogens (tertiary/aromatic N) is 1. The Hall–Kier alpha value is -1.89. The van der Waals surface area contributed by atoms with Gasteiger partial charge in [-0.25, -0.2) is 14.4 Å². The third-order valence-corrected chi connectivity index (χ3v) is 7.04. The number of unbranched alkanes of at least 4 members (excludes halogenated alkanes) is 11. The molecule has 3 unspecified atom stereocenters. The molecule has 192 valence electrons. The molecule has 0 saturated heterocycles. The first-order valence-corrected chi connectivity index (χ1v) is 12.8. The van der Waals surface area contributed by atoms with E-state index in [9.17, 15) is 29.7 Å². The van der Waals surface area contributed by atoms with E-state index >= 15 is 0 Å². The van der Waals surface area contributed by atoms with Crippen LogP contribution in [-0.2, 0) is 14.4 Å². The molecule has 0 radical (unpaired) electrons. The number of carboxylic acids is 3. The van der Waals surface area contributed by atoms with Gasteiger partial charge in [0.15, 0.2) is 18.1 Å². The van der Waals surface area contributed by atoms with Gasteiger partial charge in [0.1, 0.15) is 0 Å². The van der Waals surface area contributed by atoms with E-state index < -0.39 is 40.5 Å². The summed E-state index contributed by atoms with van der Waals surface area (Å²) in [4.78, 5) is 35.3. The fourth-order valence-corrected chi connectivity index (χ4v) is 4.66. The van der Waals surface area contributed by atoms with Crippen LogP contribution in [0.2, 0.25) is 0 Å². The molecule has 0 fully saturated rings. The quantitative estimate of drug-likeness (QED) is 0.110. The minimum Gasteiger partial charge on any atom is -0.477 e. The number of aliphatic carboxylic acids is 3. The molecular formula is C26H48NO6+. The molecule has 7 nitrogen and oxygen atoms in total. The Morgan fingerprint density at radius 2 is 0.939 bits per heavy atom. The summed E-state index contributed by atoms with van der Waals surface area (Å²) in [6.07, 6.45) is 19.2. The van der Waals surface area contributed by atoms with Gasteiger partial charge in [-0.3, -0.25) is 4.48 Å². The van der Waals surface area contributed by atoms with Crippen molar-refractivity contribution in [1.82, 2.24) is 0 Å². The van der Waals surface area contributed by atoms with Crippen LogP contribution in [0.4, 0.5) is 0 Å². The summed E-state index contributed by atoms with van der Waals surface area (Å²) < 4.78 is -0.485. The zero-order valence-corrected chi connectivity index (χ0v) is 21.3. The Balaban J connectivity index is 4.47. The number of hydrogen-bond acceptors (Lipinski definition) is 3. The van der Waals surface area contributed by atoms with Crippen LogP contribution in [0.1, 0.15) is 111 Å². The monoisotopic (exact) mass is 470 g/mol. The molecule has 3 atom stereocenters. The lowest BCUT2D eigenvalue weighted by Gasteiger charge is -2.47. The first-order valence-electron chi connectivity index (χ1n) is 12.8. The molecule has 0 aliphatic carbocycles. The van der Waals surface area contributed by atoms with Crippen LogP contribution in [-0.4, -0.2) is 62.4 Å². The number of hydrogen-bond donors (Lipinski definition) is 3. The predicted molar refractivity (Wildman–Crippen MR) is 131 cm³/mol. The van der Waals surface area contributed by atoms with Gasteiger partial charge in [-0.15, -0.1) is 0 Å². The number of quaternary nitrogens is 1. The topological polar surface area (TPSA) is 112 Å². The van der Waals surface area contributed by atoms with E-state index in [-0.39, 0.29) is 6.54 Å². The molecule has 0 spiro atoms. The number of allylic oxidation sites excluding steroid dienone is 2. The highest BCUT2D eigenvalue weighted by molar-refractivity contribution is 5.77. The third kappa shape index (κ3) is 11.2. The van der Waals surface area contributed by atoms with Crippen LogP contribution in [0.3, 0.4) is 0 Å². The lowest BCUT2D eigenvalue weighted by molar-refractivity contribution is -0.968. The van der Waals surface area contributed by atoms with Gasteiger partial charge in [-0.2, -0.15) is 0 Å². The van der Waals surface area contributed by atoms with Crippen molar-refractivity contribution in [2.24, 2.45) is 0 Å². The van der Waals surface area contributed by atoms with Crippen molar-refractivity contribution in [2.75, 3.05) is 6.54 Å². The lowest BCUT2D eigenvalue weighted by atomic mass is 10.00. The standard InChI is InChI=1S/C26H47NO6/c1-5-6-7-8-9-10-11-12-13-14-15-16-17-18-19-20-27(21(2)24(28)29,22(3)25(30)31)23(4)26(32)33/h12-13,21-23H,5-11,14-20H2,1-4H3,(H2-,28,29,30,31,32,33)/p+1/b13-12+. The van der Waals surface area contributed by atoms with Crippen LogP contribution >= 0.6 is 0 Å². The molecule has 0 aromatic rings. The minimum absolute atomic E-state index is 0.215. The lowest BCUT2D eigenvalue weighted by Crippen LogP contribution is -2.70. The van der Waals surface area contributed by atoms with Crippen LogP contribution in [0.25, 0.3) is 0 Å². The maximum atomic E-state index is 11.8. The minimum atomic E-state index is -1.18. The zero-order valence-electron chi connectivity index (χ0n) is 21.3. The SMILES string of the molecule is CCCCCCCC/C=C/CCCCCCC[N+](C(C)C(=O)O)(C(C)C(=O)O)C(C)C(=O)O. The van der Waals surface area contributed by atoms with Crippen molar-refractivity contribution in [1.29, 1.82) is 0 Å². The molecule has 0 aromatic heterocycles. The largest absolute Gasteiger partial charge is 0.477 e. The number of rotatable bonds is 21. The first-order chi connectivity index (χ1) is 15.6. The molecular weight excluding hydrogens is 422 g/mol. The predicted octanol–water partition coefficient (Wildman–Crippen LogP) is 5.87. The average Bonchev–Trinajstić information content (AvgIpc) is 2.77. The summed E-state index contributed by atoms with van der Waals surface area (Å²) in [6.45, 7) is 6.69. The molecule has 0 heterocycles. The van der Waals surface area contributed by atoms with Crippen LogP contribution in [0, 0.1) is 0 Å². The summed E-state index contributed by atoms with van der Waals surface area (Å²) in [7, 11) is 0. The van der Waals surface area contributed by atoms with E-state index in [1.165, 1.54) is 59.3 Å². The Bertz CT molecular complexity index is 553. The summed E-state index contributed by atoms with van der Waals surface area (Å²) >= 11 is 0. The van der Waals surface area contributed by atoms with Crippen molar-refractivity contribution in [2.45, 2.75) is 129 Å². The van der Waals surface area contributed by atoms with E-state index in [0.29, 0.717) is 6.42 Å². The van der Waals surface area contributed by atoms with E-state index in [1.54, 1.807) is 0 Å². The Labute approximate surface area is 200 Å². The number of carbonyl (C=O) groups is 3. The molecule has 0 rings (SSSR count). The van der Waals surface area contributed by atoms with Crippen molar-refractivity contribution in [3.8, 4) is 0 Å². The van der Waals surface area contributed by atoms with Crippen molar-refractivity contribution < 1.29 is 34.2 Å². The van der Waals surface area contributed by atoms with Crippen LogP contribution in [0.5, 0.6) is 0 Å². The fourth-order valence-electron chi connectivity index (χ4n) is 4.66. The molecule has 0 bridgehead atoms. The van der Waals surface area contributed by atoms with Gasteiger partial charge in [0.2, 0.25) is 0 Å². The highest BCUT2D eigenvalue weighted by atomic mass is 16.4. The van der Waals surface area contributed by atoms with Gasteiger partial charge in [0.05, 0.1) is 6.54 Å². The van der Waals surface area contributed by atoms with Gasteiger partial charge >= 0.3 is 17.9 Å². The van der Waals surface area contributed by atoms with E-state index in [1.807, 2.05) is 0 Å². The Morgan fingerprint density at radius 3 is 1.30 bits per heavy atom. The Morgan fingerprint density at radius 1 is 0.606 bits per heavy atom. The van der Waals surface area contributed by atoms with Gasteiger partial charge in [0, 0.05) is 0 Å². The Kier molecular flexibility index (Phi) is 16.6. The second kappa shape index (κ2) is 17.6. The molecule has 0 saturated carbocycles. The van der Waals surface area contributed by atoms with E-state index in [0.717, 1.165) is 38.5 Å².